The van der Waals surface area contributed by atoms with Gasteiger partial charge in [0.2, 0.25) is 0 Å². The maximum atomic E-state index is 13.4. The molecule has 0 radical (unpaired) electrons. The minimum Gasteiger partial charge on any atom is -0.403 e. The van der Waals surface area contributed by atoms with Gasteiger partial charge < -0.3 is 15.0 Å². The second-order valence-corrected chi connectivity index (χ2v) is 3.37. The molecule has 0 aliphatic rings. The lowest BCUT2D eigenvalue weighted by molar-refractivity contribution is -0.275. The quantitative estimate of drug-likeness (QED) is 0.845. The maximum absolute atomic E-state index is 13.4. The van der Waals surface area contributed by atoms with Crippen LogP contribution in [0.1, 0.15) is 0 Å². The molecule has 96 valence electrons. The average Bonchev–Trinajstić information content (AvgIpc) is 2.66. The number of anilines is 1. The van der Waals surface area contributed by atoms with Gasteiger partial charge in [-0.2, -0.15) is 0 Å². The summed E-state index contributed by atoms with van der Waals surface area (Å²) in [7, 11) is 0. The molecule has 8 heteroatoms. The van der Waals surface area contributed by atoms with Crippen LogP contribution in [-0.4, -0.2) is 15.9 Å². The van der Waals surface area contributed by atoms with Crippen molar-refractivity contribution in [3.8, 4) is 11.4 Å². The lowest BCUT2D eigenvalue weighted by Gasteiger charge is -2.10. The zero-order valence-electron chi connectivity index (χ0n) is 8.78. The summed E-state index contributed by atoms with van der Waals surface area (Å²) in [5.74, 6) is -1.80. The fraction of sp³-hybridized carbons (Fsp3) is 0.100. The molecule has 0 spiro atoms. The number of hydrogen-bond acceptors (Lipinski definition) is 3. The van der Waals surface area contributed by atoms with Gasteiger partial charge in [-0.1, -0.05) is 0 Å². The third-order valence-corrected chi connectivity index (χ3v) is 2.04. The predicted molar refractivity (Wildman–Crippen MR) is 54.6 cm³/mol. The summed E-state index contributed by atoms with van der Waals surface area (Å²) in [6.07, 6.45) is -2.21. The number of ether oxygens (including phenoxy) is 1. The van der Waals surface area contributed by atoms with E-state index in [1.165, 1.54) is 23.2 Å². The molecule has 1 aromatic carbocycles. The van der Waals surface area contributed by atoms with Crippen molar-refractivity contribution in [1.82, 2.24) is 9.55 Å². The number of halogens is 4. The van der Waals surface area contributed by atoms with E-state index in [4.69, 9.17) is 5.73 Å². The van der Waals surface area contributed by atoms with Crippen LogP contribution >= 0.6 is 0 Å². The summed E-state index contributed by atoms with van der Waals surface area (Å²) >= 11 is 0. The standard InChI is InChI=1S/C10H7F4N3O/c11-7-3-6(17-4-9(15)16-5-17)1-2-8(7)18-10(12,13)14/h1-5H,15H2. The first-order valence-electron chi connectivity index (χ1n) is 4.70. The minimum absolute atomic E-state index is 0.214. The Kier molecular flexibility index (Phi) is 2.85. The van der Waals surface area contributed by atoms with Crippen molar-refractivity contribution in [1.29, 1.82) is 0 Å². The van der Waals surface area contributed by atoms with Crippen molar-refractivity contribution in [2.75, 3.05) is 5.73 Å². The topological polar surface area (TPSA) is 53.1 Å². The molecule has 0 fully saturated rings. The van der Waals surface area contributed by atoms with Crippen LogP contribution in [0.3, 0.4) is 0 Å². The van der Waals surface area contributed by atoms with E-state index in [2.05, 4.69) is 9.72 Å². The summed E-state index contributed by atoms with van der Waals surface area (Å²) < 4.78 is 54.0. The smallest absolute Gasteiger partial charge is 0.403 e. The fourth-order valence-electron chi connectivity index (χ4n) is 1.34. The molecule has 0 atom stereocenters. The molecule has 0 amide bonds. The van der Waals surface area contributed by atoms with E-state index in [0.717, 1.165) is 12.1 Å². The first-order valence-corrected chi connectivity index (χ1v) is 4.70. The maximum Gasteiger partial charge on any atom is 0.573 e. The highest BCUT2D eigenvalue weighted by atomic mass is 19.4. The Balaban J connectivity index is 2.30. The zero-order valence-corrected chi connectivity index (χ0v) is 8.78. The highest BCUT2D eigenvalue weighted by Gasteiger charge is 2.32. The third-order valence-electron chi connectivity index (χ3n) is 2.04. The summed E-state index contributed by atoms with van der Waals surface area (Å²) in [5.41, 5.74) is 5.65. The van der Waals surface area contributed by atoms with Crippen LogP contribution < -0.4 is 10.5 Å². The predicted octanol–water partition coefficient (Wildman–Crippen LogP) is 2.49. The van der Waals surface area contributed by atoms with Crippen LogP contribution in [0.25, 0.3) is 5.69 Å². The fourth-order valence-corrected chi connectivity index (χ4v) is 1.34. The Hall–Kier alpha value is -2.25. The molecule has 0 unspecified atom stereocenters. The Bertz CT molecular complexity index is 564. The second kappa shape index (κ2) is 4.21. The van der Waals surface area contributed by atoms with E-state index in [9.17, 15) is 17.6 Å². The first-order chi connectivity index (χ1) is 8.35. The van der Waals surface area contributed by atoms with Gasteiger partial charge in [0.15, 0.2) is 11.6 Å². The second-order valence-electron chi connectivity index (χ2n) is 3.37. The molecule has 1 aromatic heterocycles. The molecule has 0 saturated carbocycles. The van der Waals surface area contributed by atoms with E-state index in [1.807, 2.05) is 0 Å². The molecule has 18 heavy (non-hydrogen) atoms. The number of nitrogens with two attached hydrogens (primary N) is 1. The van der Waals surface area contributed by atoms with Gasteiger partial charge in [-0.3, -0.25) is 0 Å². The van der Waals surface area contributed by atoms with E-state index in [-0.39, 0.29) is 11.5 Å². The number of imidazole rings is 1. The summed E-state index contributed by atoms with van der Waals surface area (Å²) in [6.45, 7) is 0. The number of hydrogen-bond donors (Lipinski definition) is 1. The van der Waals surface area contributed by atoms with Gasteiger partial charge in [0.25, 0.3) is 0 Å². The molecule has 1 heterocycles. The number of benzene rings is 1. The van der Waals surface area contributed by atoms with Gasteiger partial charge in [0.1, 0.15) is 12.1 Å². The van der Waals surface area contributed by atoms with Crippen molar-refractivity contribution in [3.05, 3.63) is 36.5 Å². The molecule has 2 aromatic rings. The Morgan fingerprint density at radius 1 is 1.28 bits per heavy atom. The van der Waals surface area contributed by atoms with Crippen molar-refractivity contribution < 1.29 is 22.3 Å². The van der Waals surface area contributed by atoms with Crippen molar-refractivity contribution >= 4 is 5.82 Å². The van der Waals surface area contributed by atoms with Crippen LogP contribution in [0.2, 0.25) is 0 Å². The van der Waals surface area contributed by atoms with Gasteiger partial charge in [-0.15, -0.1) is 13.2 Å². The average molecular weight is 261 g/mol. The zero-order chi connectivity index (χ0) is 13.3. The normalized spacial score (nSPS) is 11.6. The van der Waals surface area contributed by atoms with Crippen LogP contribution in [0.4, 0.5) is 23.4 Å². The Labute approximate surface area is 98.6 Å². The number of nitrogens with zero attached hydrogens (tertiary/aromatic N) is 2. The number of nitrogen functional groups attached to an aromatic ring is 1. The van der Waals surface area contributed by atoms with Crippen molar-refractivity contribution in [2.45, 2.75) is 6.36 Å². The number of alkyl halides is 3. The summed E-state index contributed by atoms with van der Waals surface area (Å²) in [6, 6.07) is 3.03. The summed E-state index contributed by atoms with van der Waals surface area (Å²) in [4.78, 5) is 3.71. The number of rotatable bonds is 2. The monoisotopic (exact) mass is 261 g/mol. The Morgan fingerprint density at radius 2 is 2.00 bits per heavy atom. The molecular formula is C10H7F4N3O. The lowest BCUT2D eigenvalue weighted by Crippen LogP contribution is -2.18. The van der Waals surface area contributed by atoms with Crippen molar-refractivity contribution in [2.24, 2.45) is 0 Å². The molecule has 2 N–H and O–H groups in total. The van der Waals surface area contributed by atoms with Crippen molar-refractivity contribution in [3.63, 3.8) is 0 Å². The molecule has 0 bridgehead atoms. The molecule has 0 aliphatic carbocycles. The molecule has 2 rings (SSSR count). The van der Waals surface area contributed by atoms with Gasteiger partial charge >= 0.3 is 6.36 Å². The largest absolute Gasteiger partial charge is 0.573 e. The van der Waals surface area contributed by atoms with Gasteiger partial charge in [-0.05, 0) is 12.1 Å². The molecule has 4 nitrogen and oxygen atoms in total. The highest BCUT2D eigenvalue weighted by Crippen LogP contribution is 2.27. The molecule has 0 saturated heterocycles. The van der Waals surface area contributed by atoms with Crippen LogP contribution in [0.5, 0.6) is 5.75 Å². The number of aromatic nitrogens is 2. The SMILES string of the molecule is Nc1cn(-c2ccc(OC(F)(F)F)c(F)c2)cn1. The third kappa shape index (κ3) is 2.70. The molecular weight excluding hydrogens is 254 g/mol. The van der Waals surface area contributed by atoms with Crippen LogP contribution in [0.15, 0.2) is 30.7 Å². The van der Waals surface area contributed by atoms with Gasteiger partial charge in [0.05, 0.1) is 6.20 Å². The van der Waals surface area contributed by atoms with Crippen LogP contribution in [-0.2, 0) is 0 Å². The Morgan fingerprint density at radius 3 is 2.50 bits per heavy atom. The van der Waals surface area contributed by atoms with E-state index >= 15 is 0 Å². The first kappa shape index (κ1) is 12.2. The lowest BCUT2D eigenvalue weighted by atomic mass is 10.3. The van der Waals surface area contributed by atoms with Crippen LogP contribution in [0, 0.1) is 5.82 Å². The van der Waals surface area contributed by atoms with Gasteiger partial charge in [-0.25, -0.2) is 9.37 Å². The highest BCUT2D eigenvalue weighted by molar-refractivity contribution is 5.41. The van der Waals surface area contributed by atoms with E-state index in [0.29, 0.717) is 0 Å². The van der Waals surface area contributed by atoms with E-state index in [1.54, 1.807) is 0 Å². The summed E-state index contributed by atoms with van der Waals surface area (Å²) in [5, 5.41) is 0. The van der Waals surface area contributed by atoms with E-state index < -0.39 is 17.9 Å². The minimum atomic E-state index is -4.93. The molecule has 0 aliphatic heterocycles. The van der Waals surface area contributed by atoms with Gasteiger partial charge in [0, 0.05) is 11.8 Å².